The van der Waals surface area contributed by atoms with Crippen molar-refractivity contribution in [3.8, 4) is 0 Å². The summed E-state index contributed by atoms with van der Waals surface area (Å²) in [5.41, 5.74) is 2.90. The third kappa shape index (κ3) is 3.52. The van der Waals surface area contributed by atoms with Gasteiger partial charge in [-0.05, 0) is 37.3 Å². The van der Waals surface area contributed by atoms with Gasteiger partial charge in [-0.2, -0.15) is 5.10 Å². The first kappa shape index (κ1) is 15.5. The summed E-state index contributed by atoms with van der Waals surface area (Å²) in [7, 11) is 1.93. The second-order valence-corrected chi connectivity index (χ2v) is 5.86. The van der Waals surface area contributed by atoms with Gasteiger partial charge in [0.1, 0.15) is 5.82 Å². The third-order valence-corrected chi connectivity index (χ3v) is 4.32. The van der Waals surface area contributed by atoms with E-state index in [1.165, 1.54) is 11.8 Å². The summed E-state index contributed by atoms with van der Waals surface area (Å²) < 4.78 is 15.4. The molecule has 2 N–H and O–H groups in total. The number of hydrogen-bond acceptors (Lipinski definition) is 2. The minimum absolute atomic E-state index is 0.000844. The van der Waals surface area contributed by atoms with Crippen molar-refractivity contribution in [1.82, 2.24) is 20.4 Å². The molecule has 2 amide bonds. The fourth-order valence-corrected chi connectivity index (χ4v) is 3.08. The van der Waals surface area contributed by atoms with E-state index >= 15 is 0 Å². The highest BCUT2D eigenvalue weighted by Gasteiger charge is 2.24. The molecule has 0 saturated heterocycles. The Labute approximate surface area is 134 Å². The summed E-state index contributed by atoms with van der Waals surface area (Å²) in [6.07, 6.45) is 5.26. The average molecular weight is 316 g/mol. The number of rotatable bonds is 4. The smallest absolute Gasteiger partial charge is 0.315 e. The van der Waals surface area contributed by atoms with Gasteiger partial charge >= 0.3 is 6.03 Å². The molecule has 6 heteroatoms. The van der Waals surface area contributed by atoms with Crippen molar-refractivity contribution in [2.75, 3.05) is 6.54 Å². The lowest BCUT2D eigenvalue weighted by Crippen LogP contribution is -2.39. The van der Waals surface area contributed by atoms with Gasteiger partial charge in [0, 0.05) is 24.8 Å². The molecule has 1 aromatic carbocycles. The van der Waals surface area contributed by atoms with E-state index < -0.39 is 0 Å². The SMILES string of the molecule is Cn1ncc2c1CCCC2NC(=O)NCCc1ccccc1F. The normalized spacial score (nSPS) is 16.7. The standard InChI is InChI=1S/C17H21FN4O/c1-22-16-8-4-7-15(13(16)11-20-22)21-17(23)19-10-9-12-5-2-3-6-14(12)18/h2-3,5-6,11,15H,4,7-10H2,1H3,(H2,19,21,23). The Morgan fingerprint density at radius 1 is 1.43 bits per heavy atom. The van der Waals surface area contributed by atoms with E-state index in [0.717, 1.165) is 24.8 Å². The number of carbonyl (C=O) groups is 1. The lowest BCUT2D eigenvalue weighted by atomic mass is 9.93. The monoisotopic (exact) mass is 316 g/mol. The maximum Gasteiger partial charge on any atom is 0.315 e. The summed E-state index contributed by atoms with van der Waals surface area (Å²) >= 11 is 0. The molecule has 23 heavy (non-hydrogen) atoms. The van der Waals surface area contributed by atoms with Crippen molar-refractivity contribution in [3.05, 3.63) is 53.1 Å². The fraction of sp³-hybridized carbons (Fsp3) is 0.412. The number of nitrogens with one attached hydrogen (secondary N) is 2. The Hall–Kier alpha value is -2.37. The first-order valence-corrected chi connectivity index (χ1v) is 7.93. The van der Waals surface area contributed by atoms with E-state index in [4.69, 9.17) is 0 Å². The van der Waals surface area contributed by atoms with Crippen LogP contribution in [0.3, 0.4) is 0 Å². The van der Waals surface area contributed by atoms with Crippen molar-refractivity contribution < 1.29 is 9.18 Å². The van der Waals surface area contributed by atoms with Gasteiger partial charge in [0.25, 0.3) is 0 Å². The van der Waals surface area contributed by atoms with E-state index in [-0.39, 0.29) is 17.9 Å². The quantitative estimate of drug-likeness (QED) is 0.910. The molecule has 1 atom stereocenters. The van der Waals surface area contributed by atoms with E-state index in [1.807, 2.05) is 17.9 Å². The topological polar surface area (TPSA) is 59.0 Å². The van der Waals surface area contributed by atoms with Crippen molar-refractivity contribution in [1.29, 1.82) is 0 Å². The molecule has 0 aliphatic heterocycles. The van der Waals surface area contributed by atoms with Gasteiger partial charge in [-0.15, -0.1) is 0 Å². The second kappa shape index (κ2) is 6.81. The van der Waals surface area contributed by atoms with Crippen LogP contribution >= 0.6 is 0 Å². The van der Waals surface area contributed by atoms with Crippen molar-refractivity contribution in [2.45, 2.75) is 31.7 Å². The van der Waals surface area contributed by atoms with Crippen LogP contribution in [-0.4, -0.2) is 22.4 Å². The maximum absolute atomic E-state index is 13.5. The Balaban J connectivity index is 1.51. The van der Waals surface area contributed by atoms with E-state index in [0.29, 0.717) is 18.5 Å². The van der Waals surface area contributed by atoms with Gasteiger partial charge in [0.15, 0.2) is 0 Å². The summed E-state index contributed by atoms with van der Waals surface area (Å²) in [5.74, 6) is -0.234. The number of hydrogen-bond donors (Lipinski definition) is 2. The van der Waals surface area contributed by atoms with Crippen molar-refractivity contribution in [2.24, 2.45) is 7.05 Å². The maximum atomic E-state index is 13.5. The van der Waals surface area contributed by atoms with Crippen LogP contribution in [0.5, 0.6) is 0 Å². The fourth-order valence-electron chi connectivity index (χ4n) is 3.08. The van der Waals surface area contributed by atoms with Crippen molar-refractivity contribution >= 4 is 6.03 Å². The van der Waals surface area contributed by atoms with Gasteiger partial charge in [-0.1, -0.05) is 18.2 Å². The third-order valence-electron chi connectivity index (χ3n) is 4.32. The number of urea groups is 1. The zero-order valence-electron chi connectivity index (χ0n) is 13.2. The van der Waals surface area contributed by atoms with Crippen LogP contribution in [0, 0.1) is 5.82 Å². The molecule has 1 aromatic heterocycles. The first-order valence-electron chi connectivity index (χ1n) is 7.93. The number of aryl methyl sites for hydroxylation is 1. The average Bonchev–Trinajstić information content (AvgIpc) is 2.92. The Morgan fingerprint density at radius 2 is 2.26 bits per heavy atom. The lowest BCUT2D eigenvalue weighted by Gasteiger charge is -2.24. The van der Waals surface area contributed by atoms with Gasteiger partial charge in [-0.3, -0.25) is 4.68 Å². The number of nitrogens with zero attached hydrogens (tertiary/aromatic N) is 2. The van der Waals surface area contributed by atoms with Gasteiger partial charge in [0.05, 0.1) is 12.2 Å². The molecular weight excluding hydrogens is 295 g/mol. The zero-order valence-corrected chi connectivity index (χ0v) is 13.2. The zero-order chi connectivity index (χ0) is 16.2. The van der Waals surface area contributed by atoms with Gasteiger partial charge < -0.3 is 10.6 Å². The molecule has 1 heterocycles. The summed E-state index contributed by atoms with van der Waals surface area (Å²) in [4.78, 5) is 12.1. The lowest BCUT2D eigenvalue weighted by molar-refractivity contribution is 0.235. The number of carbonyl (C=O) groups excluding carboxylic acids is 1. The molecule has 122 valence electrons. The molecular formula is C17H21FN4O. The predicted molar refractivity (Wildman–Crippen MR) is 85.5 cm³/mol. The number of amides is 2. The van der Waals surface area contributed by atoms with Crippen LogP contribution in [0.4, 0.5) is 9.18 Å². The molecule has 1 aliphatic rings. The first-order chi connectivity index (χ1) is 11.1. The van der Waals surface area contributed by atoms with E-state index in [1.54, 1.807) is 18.2 Å². The van der Waals surface area contributed by atoms with Crippen molar-refractivity contribution in [3.63, 3.8) is 0 Å². The Bertz CT molecular complexity index is 698. The highest BCUT2D eigenvalue weighted by molar-refractivity contribution is 5.74. The van der Waals surface area contributed by atoms with Crippen LogP contribution in [0.2, 0.25) is 0 Å². The van der Waals surface area contributed by atoms with Crippen LogP contribution < -0.4 is 10.6 Å². The molecule has 1 aliphatic carbocycles. The van der Waals surface area contributed by atoms with Crippen LogP contribution in [0.1, 0.15) is 35.7 Å². The summed E-state index contributed by atoms with van der Waals surface area (Å²) in [5, 5.41) is 10.1. The molecule has 0 bridgehead atoms. The molecule has 0 spiro atoms. The van der Waals surface area contributed by atoms with Gasteiger partial charge in [0.2, 0.25) is 0 Å². The number of aromatic nitrogens is 2. The highest BCUT2D eigenvalue weighted by Crippen LogP contribution is 2.28. The number of halogens is 1. The summed E-state index contributed by atoms with van der Waals surface area (Å²) in [6.45, 7) is 0.402. The number of benzene rings is 1. The van der Waals surface area contributed by atoms with Gasteiger partial charge in [-0.25, -0.2) is 9.18 Å². The number of fused-ring (bicyclic) bond motifs is 1. The Morgan fingerprint density at radius 3 is 3.09 bits per heavy atom. The largest absolute Gasteiger partial charge is 0.338 e. The van der Waals surface area contributed by atoms with E-state index in [2.05, 4.69) is 15.7 Å². The second-order valence-electron chi connectivity index (χ2n) is 5.86. The highest BCUT2D eigenvalue weighted by atomic mass is 19.1. The Kier molecular flexibility index (Phi) is 4.60. The molecule has 5 nitrogen and oxygen atoms in total. The molecule has 0 saturated carbocycles. The molecule has 1 unspecified atom stereocenters. The van der Waals surface area contributed by atoms with Crippen LogP contribution in [0.15, 0.2) is 30.5 Å². The predicted octanol–water partition coefficient (Wildman–Crippen LogP) is 2.48. The minimum Gasteiger partial charge on any atom is -0.338 e. The minimum atomic E-state index is -0.234. The van der Waals surface area contributed by atoms with Crippen LogP contribution in [-0.2, 0) is 19.9 Å². The molecule has 2 aromatic rings. The summed E-state index contributed by atoms with van der Waals surface area (Å²) in [6, 6.07) is 6.40. The molecule has 0 fully saturated rings. The van der Waals surface area contributed by atoms with Crippen LogP contribution in [0.25, 0.3) is 0 Å². The molecule has 3 rings (SSSR count). The van der Waals surface area contributed by atoms with E-state index in [9.17, 15) is 9.18 Å². The molecule has 0 radical (unpaired) electrons.